The van der Waals surface area contributed by atoms with Gasteiger partial charge in [0.1, 0.15) is 6.29 Å². The van der Waals surface area contributed by atoms with Crippen molar-refractivity contribution in [3.63, 3.8) is 0 Å². The Morgan fingerprint density at radius 2 is 2.21 bits per heavy atom. The van der Waals surface area contributed by atoms with Gasteiger partial charge < -0.3 is 4.79 Å². The molecule has 1 unspecified atom stereocenters. The molecule has 1 heteroatoms. The van der Waals surface area contributed by atoms with Gasteiger partial charge in [0, 0.05) is 0 Å². The van der Waals surface area contributed by atoms with Crippen LogP contribution in [0.5, 0.6) is 0 Å². The highest BCUT2D eigenvalue weighted by Gasteiger charge is 2.29. The summed E-state index contributed by atoms with van der Waals surface area (Å²) in [6, 6.07) is 6.16. The van der Waals surface area contributed by atoms with Crippen molar-refractivity contribution in [1.29, 1.82) is 0 Å². The van der Waals surface area contributed by atoms with Gasteiger partial charge in [-0.15, -0.1) is 0 Å². The summed E-state index contributed by atoms with van der Waals surface area (Å²) in [5.74, 6) is 0. The van der Waals surface area contributed by atoms with Crippen LogP contribution in [0.1, 0.15) is 30.0 Å². The number of hydrogen-bond acceptors (Lipinski definition) is 1. The van der Waals surface area contributed by atoms with Gasteiger partial charge in [0.05, 0.1) is 5.41 Å². The van der Waals surface area contributed by atoms with Crippen molar-refractivity contribution < 1.29 is 4.79 Å². The molecule has 0 aliphatic heterocycles. The lowest BCUT2D eigenvalue weighted by Gasteiger charge is -2.28. The first-order chi connectivity index (χ1) is 6.67. The average Bonchev–Trinajstić information content (AvgIpc) is 2.20. The molecular formula is C13H14O. The van der Waals surface area contributed by atoms with Gasteiger partial charge in [-0.25, -0.2) is 0 Å². The maximum Gasteiger partial charge on any atom is 0.130 e. The molecule has 0 saturated carbocycles. The third-order valence-corrected chi connectivity index (χ3v) is 3.03. The van der Waals surface area contributed by atoms with Crippen LogP contribution in [0.25, 0.3) is 6.08 Å². The van der Waals surface area contributed by atoms with E-state index in [1.807, 2.05) is 13.0 Å². The number of aryl methyl sites for hydroxylation is 1. The SMILES string of the molecule is Cc1cccc2c1C=CCC2(C)C=O. The third-order valence-electron chi connectivity index (χ3n) is 3.03. The predicted octanol–water partition coefficient (Wildman–Crippen LogP) is 2.87. The maximum absolute atomic E-state index is 11.1. The van der Waals surface area contributed by atoms with Gasteiger partial charge in [-0.3, -0.25) is 0 Å². The highest BCUT2D eigenvalue weighted by molar-refractivity contribution is 5.76. The van der Waals surface area contributed by atoms with Crippen molar-refractivity contribution in [2.75, 3.05) is 0 Å². The first kappa shape index (κ1) is 9.20. The normalized spacial score (nSPS) is 24.4. The number of carbonyl (C=O) groups excluding carboxylic acids is 1. The number of allylic oxidation sites excluding steroid dienone is 1. The standard InChI is InChI=1S/C13H14O/c1-10-5-3-7-12-11(10)6-4-8-13(12,2)9-14/h3-7,9H,8H2,1-2H3. The van der Waals surface area contributed by atoms with Crippen molar-refractivity contribution in [2.45, 2.75) is 25.7 Å². The van der Waals surface area contributed by atoms with Crippen molar-refractivity contribution in [3.05, 3.63) is 41.0 Å². The predicted molar refractivity (Wildman–Crippen MR) is 58.2 cm³/mol. The third kappa shape index (κ3) is 1.20. The lowest BCUT2D eigenvalue weighted by Crippen LogP contribution is -2.26. The van der Waals surface area contributed by atoms with Gasteiger partial charge in [0.25, 0.3) is 0 Å². The molecule has 0 spiro atoms. The van der Waals surface area contributed by atoms with E-state index in [0.717, 1.165) is 18.3 Å². The van der Waals surface area contributed by atoms with Crippen LogP contribution < -0.4 is 0 Å². The number of fused-ring (bicyclic) bond motifs is 1. The molecule has 1 aliphatic rings. The molecule has 1 aliphatic carbocycles. The molecule has 0 amide bonds. The minimum absolute atomic E-state index is 0.323. The maximum atomic E-state index is 11.1. The summed E-state index contributed by atoms with van der Waals surface area (Å²) in [5, 5.41) is 0. The molecule has 72 valence electrons. The van der Waals surface area contributed by atoms with Crippen molar-refractivity contribution in [2.24, 2.45) is 0 Å². The Morgan fingerprint density at radius 3 is 2.93 bits per heavy atom. The van der Waals surface area contributed by atoms with Crippen LogP contribution >= 0.6 is 0 Å². The number of aldehydes is 1. The molecule has 1 aromatic carbocycles. The minimum Gasteiger partial charge on any atom is -0.302 e. The van der Waals surface area contributed by atoms with E-state index in [2.05, 4.69) is 31.2 Å². The zero-order valence-electron chi connectivity index (χ0n) is 8.58. The minimum atomic E-state index is -0.323. The van der Waals surface area contributed by atoms with E-state index in [-0.39, 0.29) is 5.41 Å². The van der Waals surface area contributed by atoms with Crippen LogP contribution in [-0.4, -0.2) is 6.29 Å². The van der Waals surface area contributed by atoms with E-state index in [1.165, 1.54) is 11.1 Å². The molecule has 0 bridgehead atoms. The fourth-order valence-corrected chi connectivity index (χ4v) is 2.04. The molecule has 2 rings (SSSR count). The fourth-order valence-electron chi connectivity index (χ4n) is 2.04. The Morgan fingerprint density at radius 1 is 1.43 bits per heavy atom. The van der Waals surface area contributed by atoms with Crippen LogP contribution in [0.2, 0.25) is 0 Å². The monoisotopic (exact) mass is 186 g/mol. The van der Waals surface area contributed by atoms with Crippen LogP contribution in [0, 0.1) is 6.92 Å². The molecular weight excluding hydrogens is 172 g/mol. The van der Waals surface area contributed by atoms with E-state index in [4.69, 9.17) is 0 Å². The van der Waals surface area contributed by atoms with Gasteiger partial charge >= 0.3 is 0 Å². The van der Waals surface area contributed by atoms with Crippen LogP contribution in [0.15, 0.2) is 24.3 Å². The topological polar surface area (TPSA) is 17.1 Å². The quantitative estimate of drug-likeness (QED) is 0.616. The summed E-state index contributed by atoms with van der Waals surface area (Å²) >= 11 is 0. The van der Waals surface area contributed by atoms with Gasteiger partial charge in [-0.1, -0.05) is 30.4 Å². The van der Waals surface area contributed by atoms with Crippen LogP contribution in [-0.2, 0) is 10.2 Å². The summed E-state index contributed by atoms with van der Waals surface area (Å²) in [4.78, 5) is 11.1. The van der Waals surface area contributed by atoms with Gasteiger partial charge in [0.2, 0.25) is 0 Å². The lowest BCUT2D eigenvalue weighted by atomic mass is 9.74. The second kappa shape index (κ2) is 3.09. The molecule has 0 fully saturated rings. The molecule has 0 aromatic heterocycles. The van der Waals surface area contributed by atoms with Crippen LogP contribution in [0.3, 0.4) is 0 Å². The molecule has 0 heterocycles. The van der Waals surface area contributed by atoms with Crippen molar-refractivity contribution in [1.82, 2.24) is 0 Å². The lowest BCUT2D eigenvalue weighted by molar-refractivity contribution is -0.112. The average molecular weight is 186 g/mol. The summed E-state index contributed by atoms with van der Waals surface area (Å²) in [6.07, 6.45) is 6.08. The molecule has 1 aromatic rings. The van der Waals surface area contributed by atoms with Crippen molar-refractivity contribution in [3.8, 4) is 0 Å². The van der Waals surface area contributed by atoms with E-state index >= 15 is 0 Å². The highest BCUT2D eigenvalue weighted by atomic mass is 16.1. The molecule has 14 heavy (non-hydrogen) atoms. The first-order valence-corrected chi connectivity index (χ1v) is 4.90. The Labute approximate surface area is 84.5 Å². The highest BCUT2D eigenvalue weighted by Crippen LogP contribution is 2.35. The Hall–Kier alpha value is -1.37. The van der Waals surface area contributed by atoms with E-state index in [9.17, 15) is 4.79 Å². The second-order valence-corrected chi connectivity index (χ2v) is 4.18. The molecule has 0 N–H and O–H groups in total. The number of hydrogen-bond donors (Lipinski definition) is 0. The zero-order chi connectivity index (χ0) is 10.2. The summed E-state index contributed by atoms with van der Waals surface area (Å²) in [5.41, 5.74) is 3.30. The first-order valence-electron chi connectivity index (χ1n) is 4.90. The number of rotatable bonds is 1. The Bertz CT molecular complexity index is 404. The fraction of sp³-hybridized carbons (Fsp3) is 0.308. The Kier molecular flexibility index (Phi) is 2.03. The molecule has 1 atom stereocenters. The summed E-state index contributed by atoms with van der Waals surface area (Å²) < 4.78 is 0. The second-order valence-electron chi connectivity index (χ2n) is 4.18. The summed E-state index contributed by atoms with van der Waals surface area (Å²) in [6.45, 7) is 4.08. The van der Waals surface area contributed by atoms with Gasteiger partial charge in [-0.2, -0.15) is 0 Å². The van der Waals surface area contributed by atoms with Gasteiger partial charge in [0.15, 0.2) is 0 Å². The number of benzene rings is 1. The Balaban J connectivity index is 2.68. The van der Waals surface area contributed by atoms with E-state index < -0.39 is 0 Å². The van der Waals surface area contributed by atoms with Crippen molar-refractivity contribution >= 4 is 12.4 Å². The molecule has 0 radical (unpaired) electrons. The summed E-state index contributed by atoms with van der Waals surface area (Å²) in [7, 11) is 0. The number of carbonyl (C=O) groups is 1. The van der Waals surface area contributed by atoms with E-state index in [0.29, 0.717) is 0 Å². The smallest absolute Gasteiger partial charge is 0.130 e. The van der Waals surface area contributed by atoms with E-state index in [1.54, 1.807) is 0 Å². The molecule has 0 saturated heterocycles. The largest absolute Gasteiger partial charge is 0.302 e. The molecule has 1 nitrogen and oxygen atoms in total. The zero-order valence-corrected chi connectivity index (χ0v) is 8.58. The van der Waals surface area contributed by atoms with Crippen LogP contribution in [0.4, 0.5) is 0 Å². The van der Waals surface area contributed by atoms with Gasteiger partial charge in [-0.05, 0) is 37.0 Å².